The topological polar surface area (TPSA) is 67.9 Å². The minimum Gasteiger partial charge on any atom is -0.497 e. The highest BCUT2D eigenvalue weighted by Crippen LogP contribution is 2.28. The van der Waals surface area contributed by atoms with Crippen LogP contribution in [0.4, 0.5) is 5.69 Å². The standard InChI is InChI=1S/C22H28N2O4/c1-4-28-21-11-6-5-10-20(21)24(17(2)25)15-13-22(26)23-14-12-18-8-7-9-19(16-18)27-3/h5-11,16H,4,12-15H2,1-3H3,(H,23,26). The Balaban J connectivity index is 1.88. The van der Waals surface area contributed by atoms with E-state index in [9.17, 15) is 9.59 Å². The summed E-state index contributed by atoms with van der Waals surface area (Å²) in [4.78, 5) is 25.9. The molecule has 0 aliphatic carbocycles. The number of nitrogens with zero attached hydrogens (tertiary/aromatic N) is 1. The van der Waals surface area contributed by atoms with Gasteiger partial charge in [-0.25, -0.2) is 0 Å². The normalized spacial score (nSPS) is 10.2. The van der Waals surface area contributed by atoms with E-state index < -0.39 is 0 Å². The number of rotatable bonds is 10. The summed E-state index contributed by atoms with van der Waals surface area (Å²) in [5.74, 6) is 1.21. The SMILES string of the molecule is CCOc1ccccc1N(CCC(=O)NCCc1cccc(OC)c1)C(C)=O. The number of ether oxygens (including phenoxy) is 2. The number of carbonyl (C=O) groups excluding carboxylic acids is 2. The zero-order valence-corrected chi connectivity index (χ0v) is 16.7. The van der Waals surface area contributed by atoms with Gasteiger partial charge in [0.2, 0.25) is 11.8 Å². The Morgan fingerprint density at radius 2 is 1.89 bits per heavy atom. The van der Waals surface area contributed by atoms with Crippen molar-refractivity contribution in [3.63, 3.8) is 0 Å². The zero-order chi connectivity index (χ0) is 20.4. The molecule has 0 aliphatic heterocycles. The van der Waals surface area contributed by atoms with E-state index in [0.717, 1.165) is 11.3 Å². The van der Waals surface area contributed by atoms with Gasteiger partial charge in [0, 0.05) is 26.4 Å². The van der Waals surface area contributed by atoms with Crippen molar-refractivity contribution in [1.29, 1.82) is 0 Å². The third-order valence-corrected chi connectivity index (χ3v) is 4.27. The molecule has 0 heterocycles. The predicted octanol–water partition coefficient (Wildman–Crippen LogP) is 3.20. The van der Waals surface area contributed by atoms with Crippen LogP contribution in [0.2, 0.25) is 0 Å². The molecule has 6 heteroatoms. The summed E-state index contributed by atoms with van der Waals surface area (Å²) in [7, 11) is 1.63. The maximum absolute atomic E-state index is 12.2. The van der Waals surface area contributed by atoms with Gasteiger partial charge < -0.3 is 19.7 Å². The Kier molecular flexibility index (Phi) is 8.34. The first-order chi connectivity index (χ1) is 13.5. The van der Waals surface area contributed by atoms with Gasteiger partial charge in [-0.15, -0.1) is 0 Å². The van der Waals surface area contributed by atoms with E-state index in [1.54, 1.807) is 12.0 Å². The number of methoxy groups -OCH3 is 1. The van der Waals surface area contributed by atoms with Crippen molar-refractivity contribution in [1.82, 2.24) is 5.32 Å². The van der Waals surface area contributed by atoms with Crippen LogP contribution in [0.1, 0.15) is 25.8 Å². The van der Waals surface area contributed by atoms with Crippen molar-refractivity contribution >= 4 is 17.5 Å². The van der Waals surface area contributed by atoms with Gasteiger partial charge in [0.15, 0.2) is 0 Å². The molecule has 2 amide bonds. The highest BCUT2D eigenvalue weighted by Gasteiger charge is 2.17. The van der Waals surface area contributed by atoms with Gasteiger partial charge in [0.05, 0.1) is 19.4 Å². The number of hydrogen-bond acceptors (Lipinski definition) is 4. The lowest BCUT2D eigenvalue weighted by Crippen LogP contribution is -2.34. The molecule has 0 spiro atoms. The van der Waals surface area contributed by atoms with Crippen molar-refractivity contribution in [3.05, 3.63) is 54.1 Å². The molecule has 0 saturated heterocycles. The van der Waals surface area contributed by atoms with Crippen molar-refractivity contribution in [2.24, 2.45) is 0 Å². The fourth-order valence-corrected chi connectivity index (χ4v) is 2.88. The summed E-state index contributed by atoms with van der Waals surface area (Å²) in [6.45, 7) is 4.72. The molecule has 0 bridgehead atoms. The highest BCUT2D eigenvalue weighted by molar-refractivity contribution is 5.93. The molecule has 0 saturated carbocycles. The molecule has 0 radical (unpaired) electrons. The smallest absolute Gasteiger partial charge is 0.223 e. The molecule has 0 atom stereocenters. The Morgan fingerprint density at radius 1 is 1.11 bits per heavy atom. The maximum atomic E-state index is 12.2. The number of amides is 2. The van der Waals surface area contributed by atoms with Crippen molar-refractivity contribution in [2.45, 2.75) is 26.7 Å². The Morgan fingerprint density at radius 3 is 2.61 bits per heavy atom. The average Bonchev–Trinajstić information content (AvgIpc) is 2.69. The summed E-state index contributed by atoms with van der Waals surface area (Å²) in [5.41, 5.74) is 1.77. The monoisotopic (exact) mass is 384 g/mol. The first-order valence-electron chi connectivity index (χ1n) is 9.44. The summed E-state index contributed by atoms with van der Waals surface area (Å²) >= 11 is 0. The highest BCUT2D eigenvalue weighted by atomic mass is 16.5. The van der Waals surface area contributed by atoms with E-state index in [1.807, 2.05) is 55.5 Å². The Labute approximate surface area is 166 Å². The molecule has 1 N–H and O–H groups in total. The lowest BCUT2D eigenvalue weighted by atomic mass is 10.1. The van der Waals surface area contributed by atoms with Gasteiger partial charge in [-0.1, -0.05) is 24.3 Å². The van der Waals surface area contributed by atoms with Crippen LogP contribution in [0.15, 0.2) is 48.5 Å². The number of benzene rings is 2. The van der Waals surface area contributed by atoms with Crippen LogP contribution in [0.5, 0.6) is 11.5 Å². The molecule has 2 aromatic rings. The summed E-state index contributed by atoms with van der Waals surface area (Å²) in [5, 5.41) is 2.91. The van der Waals surface area contributed by atoms with E-state index in [-0.39, 0.29) is 18.2 Å². The fraction of sp³-hybridized carbons (Fsp3) is 0.364. The zero-order valence-electron chi connectivity index (χ0n) is 16.7. The maximum Gasteiger partial charge on any atom is 0.223 e. The van der Waals surface area contributed by atoms with Gasteiger partial charge in [0.25, 0.3) is 0 Å². The lowest BCUT2D eigenvalue weighted by molar-refractivity contribution is -0.121. The summed E-state index contributed by atoms with van der Waals surface area (Å²) in [6.07, 6.45) is 0.935. The molecular weight excluding hydrogens is 356 g/mol. The second-order valence-corrected chi connectivity index (χ2v) is 6.27. The molecule has 150 valence electrons. The summed E-state index contributed by atoms with van der Waals surface area (Å²) in [6, 6.07) is 15.1. The van der Waals surface area contributed by atoms with Gasteiger partial charge in [-0.05, 0) is 43.2 Å². The van der Waals surface area contributed by atoms with E-state index in [0.29, 0.717) is 37.6 Å². The van der Waals surface area contributed by atoms with Crippen LogP contribution in [0.3, 0.4) is 0 Å². The van der Waals surface area contributed by atoms with Gasteiger partial charge >= 0.3 is 0 Å². The molecule has 0 aliphatic rings. The Hall–Kier alpha value is -3.02. The van der Waals surface area contributed by atoms with Gasteiger partial charge in [-0.3, -0.25) is 9.59 Å². The molecule has 0 unspecified atom stereocenters. The van der Waals surface area contributed by atoms with Crippen LogP contribution in [-0.4, -0.2) is 38.6 Å². The number of nitrogens with one attached hydrogen (secondary N) is 1. The second-order valence-electron chi connectivity index (χ2n) is 6.27. The molecule has 2 aromatic carbocycles. The fourth-order valence-electron chi connectivity index (χ4n) is 2.88. The largest absolute Gasteiger partial charge is 0.497 e. The van der Waals surface area contributed by atoms with Crippen LogP contribution in [0.25, 0.3) is 0 Å². The molecule has 0 aromatic heterocycles. The molecule has 2 rings (SSSR count). The van der Waals surface area contributed by atoms with Crippen molar-refractivity contribution in [3.8, 4) is 11.5 Å². The van der Waals surface area contributed by atoms with Crippen molar-refractivity contribution < 1.29 is 19.1 Å². The number of para-hydroxylation sites is 2. The second kappa shape index (κ2) is 11.0. The van der Waals surface area contributed by atoms with Gasteiger partial charge in [-0.2, -0.15) is 0 Å². The van der Waals surface area contributed by atoms with Gasteiger partial charge in [0.1, 0.15) is 11.5 Å². The van der Waals surface area contributed by atoms with Crippen LogP contribution in [-0.2, 0) is 16.0 Å². The van der Waals surface area contributed by atoms with E-state index in [2.05, 4.69) is 5.32 Å². The first kappa shape index (κ1) is 21.3. The molecule has 6 nitrogen and oxygen atoms in total. The molecule has 28 heavy (non-hydrogen) atoms. The van der Waals surface area contributed by atoms with Crippen LogP contribution in [0, 0.1) is 0 Å². The number of hydrogen-bond donors (Lipinski definition) is 1. The van der Waals surface area contributed by atoms with Crippen LogP contribution >= 0.6 is 0 Å². The summed E-state index contributed by atoms with van der Waals surface area (Å²) < 4.78 is 10.8. The number of anilines is 1. The minimum absolute atomic E-state index is 0.0944. The first-order valence-corrected chi connectivity index (χ1v) is 9.44. The minimum atomic E-state index is -0.128. The van der Waals surface area contributed by atoms with Crippen LogP contribution < -0.4 is 19.7 Å². The predicted molar refractivity (Wildman–Crippen MR) is 110 cm³/mol. The third kappa shape index (κ3) is 6.30. The van der Waals surface area contributed by atoms with E-state index in [1.165, 1.54) is 6.92 Å². The van der Waals surface area contributed by atoms with E-state index in [4.69, 9.17) is 9.47 Å². The van der Waals surface area contributed by atoms with E-state index >= 15 is 0 Å². The third-order valence-electron chi connectivity index (χ3n) is 4.27. The lowest BCUT2D eigenvalue weighted by Gasteiger charge is -2.23. The van der Waals surface area contributed by atoms with Crippen molar-refractivity contribution in [2.75, 3.05) is 31.7 Å². The quantitative estimate of drug-likeness (QED) is 0.683. The number of carbonyl (C=O) groups is 2. The average molecular weight is 384 g/mol. The molecular formula is C22H28N2O4. The molecule has 0 fully saturated rings. The Bertz CT molecular complexity index is 792.